The van der Waals surface area contributed by atoms with Gasteiger partial charge in [0.1, 0.15) is 0 Å². The zero-order chi connectivity index (χ0) is 14.4. The van der Waals surface area contributed by atoms with Crippen LogP contribution >= 0.6 is 0 Å². The molecule has 0 aromatic heterocycles. The van der Waals surface area contributed by atoms with E-state index >= 15 is 0 Å². The van der Waals surface area contributed by atoms with Crippen molar-refractivity contribution in [1.82, 2.24) is 0 Å². The fourth-order valence-corrected chi connectivity index (χ4v) is 2.73. The van der Waals surface area contributed by atoms with Crippen LogP contribution in [-0.4, -0.2) is 11.6 Å². The van der Waals surface area contributed by atoms with E-state index in [1.165, 1.54) is 24.8 Å². The number of carbonyl (C=O) groups is 2. The van der Waals surface area contributed by atoms with E-state index in [1.54, 1.807) is 12.1 Å². The van der Waals surface area contributed by atoms with Gasteiger partial charge in [-0.2, -0.15) is 0 Å². The number of hydrogen-bond donors (Lipinski definition) is 0. The molecule has 1 aromatic rings. The van der Waals surface area contributed by atoms with Crippen molar-refractivity contribution >= 4 is 11.6 Å². The molecule has 0 amide bonds. The van der Waals surface area contributed by atoms with Gasteiger partial charge in [0.2, 0.25) is 0 Å². The summed E-state index contributed by atoms with van der Waals surface area (Å²) in [6.07, 6.45) is 6.44. The zero-order valence-electron chi connectivity index (χ0n) is 12.2. The lowest BCUT2D eigenvalue weighted by molar-refractivity contribution is -0.115. The van der Waals surface area contributed by atoms with Gasteiger partial charge in [0, 0.05) is 18.4 Å². The summed E-state index contributed by atoms with van der Waals surface area (Å²) >= 11 is 0. The van der Waals surface area contributed by atoms with E-state index in [-0.39, 0.29) is 11.6 Å². The monoisotopic (exact) mass is 270 g/mol. The summed E-state index contributed by atoms with van der Waals surface area (Å²) in [6.45, 7) is 1.93. The third kappa shape index (κ3) is 3.89. The van der Waals surface area contributed by atoms with Crippen LogP contribution in [0.5, 0.6) is 0 Å². The van der Waals surface area contributed by atoms with E-state index in [4.69, 9.17) is 0 Å². The Hall–Kier alpha value is -1.70. The normalized spacial score (nSPS) is 14.9. The summed E-state index contributed by atoms with van der Waals surface area (Å²) in [5.74, 6) is 0.201. The van der Waals surface area contributed by atoms with Crippen molar-refractivity contribution in [1.29, 1.82) is 0 Å². The Morgan fingerprint density at radius 1 is 0.950 bits per heavy atom. The number of allylic oxidation sites excluding steroid dienone is 2. The average molecular weight is 270 g/mol. The van der Waals surface area contributed by atoms with Gasteiger partial charge in [-0.05, 0) is 38.2 Å². The van der Waals surface area contributed by atoms with Gasteiger partial charge in [0.15, 0.2) is 11.6 Å². The molecule has 20 heavy (non-hydrogen) atoms. The summed E-state index contributed by atoms with van der Waals surface area (Å²) < 4.78 is 0. The van der Waals surface area contributed by atoms with Gasteiger partial charge in [-0.15, -0.1) is 0 Å². The van der Waals surface area contributed by atoms with E-state index < -0.39 is 0 Å². The molecule has 1 aromatic carbocycles. The summed E-state index contributed by atoms with van der Waals surface area (Å²) in [5.41, 5.74) is 2.92. The Morgan fingerprint density at radius 3 is 2.25 bits per heavy atom. The third-order valence-electron chi connectivity index (χ3n) is 4.08. The maximum absolute atomic E-state index is 12.2. The highest BCUT2D eigenvalue weighted by Crippen LogP contribution is 2.26. The Balaban J connectivity index is 1.90. The lowest BCUT2D eigenvalue weighted by Crippen LogP contribution is -2.09. The van der Waals surface area contributed by atoms with Crippen LogP contribution in [-0.2, 0) is 4.79 Å². The number of Topliss-reactive ketones (excluding diaryl/α,β-unsaturated/α-hetero) is 2. The second-order valence-corrected chi connectivity index (χ2v) is 5.50. The Bertz CT molecular complexity index is 503. The fraction of sp³-hybridized carbons (Fsp3) is 0.444. The summed E-state index contributed by atoms with van der Waals surface area (Å²) in [6, 6.07) is 9.20. The first kappa shape index (κ1) is 14.7. The van der Waals surface area contributed by atoms with Gasteiger partial charge in [-0.25, -0.2) is 0 Å². The van der Waals surface area contributed by atoms with E-state index in [2.05, 4.69) is 0 Å². The van der Waals surface area contributed by atoms with Crippen LogP contribution in [0.3, 0.4) is 0 Å². The molecule has 1 aliphatic carbocycles. The largest absolute Gasteiger partial charge is 0.295 e. The molecule has 0 radical (unpaired) electrons. The van der Waals surface area contributed by atoms with Crippen molar-refractivity contribution in [3.05, 3.63) is 47.0 Å². The van der Waals surface area contributed by atoms with Crippen molar-refractivity contribution in [2.75, 3.05) is 0 Å². The summed E-state index contributed by atoms with van der Waals surface area (Å²) in [7, 11) is 0. The van der Waals surface area contributed by atoms with E-state index in [0.717, 1.165) is 18.4 Å². The molecule has 0 bridgehead atoms. The quantitative estimate of drug-likeness (QED) is 0.583. The lowest BCUT2D eigenvalue weighted by Gasteiger charge is -2.16. The maximum atomic E-state index is 12.2. The van der Waals surface area contributed by atoms with Crippen molar-refractivity contribution in [2.24, 2.45) is 0 Å². The highest BCUT2D eigenvalue weighted by Gasteiger charge is 2.15. The predicted octanol–water partition coefficient (Wildman–Crippen LogP) is 4.50. The molecule has 0 N–H and O–H groups in total. The highest BCUT2D eigenvalue weighted by atomic mass is 16.1. The first-order valence-electron chi connectivity index (χ1n) is 7.48. The first-order chi connectivity index (χ1) is 9.68. The Labute approximate surface area is 120 Å². The number of benzene rings is 1. The molecule has 0 heterocycles. The van der Waals surface area contributed by atoms with Crippen LogP contribution in [0.4, 0.5) is 0 Å². The van der Waals surface area contributed by atoms with Crippen LogP contribution < -0.4 is 0 Å². The van der Waals surface area contributed by atoms with E-state index in [9.17, 15) is 9.59 Å². The molecule has 1 fully saturated rings. The molecule has 0 unspecified atom stereocenters. The molecular formula is C18H22O2. The van der Waals surface area contributed by atoms with Crippen LogP contribution in [0.1, 0.15) is 62.2 Å². The van der Waals surface area contributed by atoms with Gasteiger partial charge >= 0.3 is 0 Å². The van der Waals surface area contributed by atoms with Crippen molar-refractivity contribution in [2.45, 2.75) is 51.9 Å². The highest BCUT2D eigenvalue weighted by molar-refractivity contribution is 6.01. The Morgan fingerprint density at radius 2 is 1.60 bits per heavy atom. The number of rotatable bonds is 5. The summed E-state index contributed by atoms with van der Waals surface area (Å²) in [4.78, 5) is 24.1. The van der Waals surface area contributed by atoms with Crippen molar-refractivity contribution in [3.8, 4) is 0 Å². The second-order valence-electron chi connectivity index (χ2n) is 5.50. The molecule has 106 valence electrons. The molecule has 0 spiro atoms. The van der Waals surface area contributed by atoms with Crippen LogP contribution in [0.25, 0.3) is 0 Å². The standard InChI is InChI=1S/C18H22O2/c1-14(15-8-4-2-5-9-15)17(19)12-13-18(20)16-10-6-3-7-11-16/h3,6-7,10-11H,2,4-5,8-9,12-13H2,1H3. The smallest absolute Gasteiger partial charge is 0.163 e. The molecular weight excluding hydrogens is 248 g/mol. The topological polar surface area (TPSA) is 34.1 Å². The van der Waals surface area contributed by atoms with E-state index in [0.29, 0.717) is 18.4 Å². The van der Waals surface area contributed by atoms with Crippen molar-refractivity contribution < 1.29 is 9.59 Å². The number of ketones is 2. The minimum Gasteiger partial charge on any atom is -0.295 e. The molecule has 2 nitrogen and oxygen atoms in total. The minimum atomic E-state index is 0.0559. The molecule has 1 saturated carbocycles. The number of hydrogen-bond acceptors (Lipinski definition) is 2. The molecule has 2 rings (SSSR count). The van der Waals surface area contributed by atoms with Gasteiger partial charge in [-0.3, -0.25) is 9.59 Å². The molecule has 0 aliphatic heterocycles. The van der Waals surface area contributed by atoms with Gasteiger partial charge < -0.3 is 0 Å². The van der Waals surface area contributed by atoms with Crippen molar-refractivity contribution in [3.63, 3.8) is 0 Å². The molecule has 2 heteroatoms. The van der Waals surface area contributed by atoms with E-state index in [1.807, 2.05) is 25.1 Å². The lowest BCUT2D eigenvalue weighted by atomic mass is 9.89. The Kier molecular flexibility index (Phi) is 5.28. The molecule has 0 atom stereocenters. The minimum absolute atomic E-state index is 0.0559. The fourth-order valence-electron chi connectivity index (χ4n) is 2.73. The average Bonchev–Trinajstić information content (AvgIpc) is 2.53. The van der Waals surface area contributed by atoms with Crippen LogP contribution in [0, 0.1) is 0 Å². The van der Waals surface area contributed by atoms with Crippen LogP contribution in [0.2, 0.25) is 0 Å². The molecule has 0 saturated heterocycles. The predicted molar refractivity (Wildman–Crippen MR) is 80.8 cm³/mol. The summed E-state index contributed by atoms with van der Waals surface area (Å²) in [5, 5.41) is 0. The maximum Gasteiger partial charge on any atom is 0.163 e. The first-order valence-corrected chi connectivity index (χ1v) is 7.48. The molecule has 1 aliphatic rings. The zero-order valence-corrected chi connectivity index (χ0v) is 12.2. The SMILES string of the molecule is CC(C(=O)CCC(=O)c1ccccc1)=C1CCCCC1. The van der Waals surface area contributed by atoms with Gasteiger partial charge in [0.05, 0.1) is 0 Å². The second kappa shape index (κ2) is 7.18. The van der Waals surface area contributed by atoms with Crippen LogP contribution in [0.15, 0.2) is 41.5 Å². The third-order valence-corrected chi connectivity index (χ3v) is 4.08. The number of carbonyl (C=O) groups excluding carboxylic acids is 2. The van der Waals surface area contributed by atoms with Gasteiger partial charge in [-0.1, -0.05) is 42.3 Å². The van der Waals surface area contributed by atoms with Gasteiger partial charge in [0.25, 0.3) is 0 Å².